The number of nitrogen functional groups attached to an aromatic ring is 1. The number of nitrogens with two attached hydrogens (primary N) is 1. The fraction of sp³-hybridized carbons (Fsp3) is 0.188. The molecular weight excluding hydrogens is 396 g/mol. The van der Waals surface area contributed by atoms with Crippen molar-refractivity contribution in [3.05, 3.63) is 29.3 Å². The molecule has 0 saturated carbocycles. The first-order chi connectivity index (χ1) is 13.0. The molecule has 0 saturated heterocycles. The van der Waals surface area contributed by atoms with Gasteiger partial charge in [0.25, 0.3) is 16.0 Å². The first kappa shape index (κ1) is 20.9. The molecule has 1 heterocycles. The molecular formula is C16H18N2O9S. The monoisotopic (exact) mass is 414 g/mol. The fourth-order valence-electron chi connectivity index (χ4n) is 2.21. The lowest BCUT2D eigenvalue weighted by Gasteiger charge is -2.11. The van der Waals surface area contributed by atoms with Gasteiger partial charge in [-0.25, -0.2) is 4.79 Å². The van der Waals surface area contributed by atoms with Crippen LogP contribution in [0.5, 0.6) is 23.3 Å². The lowest BCUT2D eigenvalue weighted by atomic mass is 10.1. The van der Waals surface area contributed by atoms with E-state index in [4.69, 9.17) is 24.6 Å². The third-order valence-corrected chi connectivity index (χ3v) is 4.47. The van der Waals surface area contributed by atoms with Crippen LogP contribution in [0.1, 0.15) is 12.5 Å². The summed E-state index contributed by atoms with van der Waals surface area (Å²) in [5.41, 5.74) is 6.56. The lowest BCUT2D eigenvalue weighted by molar-refractivity contribution is -0.140. The molecule has 152 valence electrons. The van der Waals surface area contributed by atoms with E-state index < -0.39 is 32.7 Å². The number of aromatic hydroxyl groups is 2. The minimum Gasteiger partial charge on any atom is -0.493 e. The van der Waals surface area contributed by atoms with Crippen LogP contribution in [-0.2, 0) is 14.9 Å². The average Bonchev–Trinajstić information content (AvgIpc) is 2.91. The van der Waals surface area contributed by atoms with Crippen LogP contribution in [0.4, 0.5) is 5.69 Å². The Morgan fingerprint density at radius 3 is 2.21 bits per heavy atom. The first-order valence-corrected chi connectivity index (χ1v) is 8.97. The molecule has 0 spiro atoms. The Hall–Kier alpha value is -3.38. The zero-order valence-corrected chi connectivity index (χ0v) is 15.8. The van der Waals surface area contributed by atoms with E-state index in [1.807, 2.05) is 0 Å². The molecule has 2 aromatic rings. The van der Waals surface area contributed by atoms with Crippen molar-refractivity contribution in [3.63, 3.8) is 0 Å². The molecule has 2 rings (SSSR count). The summed E-state index contributed by atoms with van der Waals surface area (Å²) in [6, 6.07) is 3.53. The van der Waals surface area contributed by atoms with Crippen LogP contribution in [0, 0.1) is 0 Å². The Bertz CT molecular complexity index is 1050. The quantitative estimate of drug-likeness (QED) is 0.301. The number of carbonyl (C=O) groups excluding carboxylic acids is 1. The standard InChI is InChI=1S/C16H18N2O9S/c1-8(4-9-5-11(25-2)12(26-3)6-10(9)17)16(21)27-18-14(19)7-13(15(18)20)28(22,23)24/h4-7,19-20H,17H2,1-3H3,(H,22,23,24). The Morgan fingerprint density at radius 2 is 1.71 bits per heavy atom. The van der Waals surface area contributed by atoms with Crippen molar-refractivity contribution >= 4 is 27.9 Å². The molecule has 12 heteroatoms. The summed E-state index contributed by atoms with van der Waals surface area (Å²) in [6.07, 6.45) is 1.35. The SMILES string of the molecule is COc1cc(N)c(C=C(C)C(=O)On2c(O)cc(S(=O)(=O)O)c2O)cc1OC. The van der Waals surface area contributed by atoms with Crippen LogP contribution < -0.4 is 20.0 Å². The number of hydrogen-bond acceptors (Lipinski definition) is 9. The summed E-state index contributed by atoms with van der Waals surface area (Å²) in [7, 11) is -1.98. The summed E-state index contributed by atoms with van der Waals surface area (Å²) in [5, 5.41) is 19.4. The molecule has 0 fully saturated rings. The summed E-state index contributed by atoms with van der Waals surface area (Å²) < 4.78 is 41.6. The van der Waals surface area contributed by atoms with Crippen molar-refractivity contribution in [1.29, 1.82) is 0 Å². The topological polar surface area (TPSA) is 171 Å². The van der Waals surface area contributed by atoms with Gasteiger partial charge in [-0.05, 0) is 19.1 Å². The molecule has 0 radical (unpaired) electrons. The van der Waals surface area contributed by atoms with Crippen molar-refractivity contribution in [2.75, 3.05) is 20.0 Å². The molecule has 28 heavy (non-hydrogen) atoms. The van der Waals surface area contributed by atoms with Crippen LogP contribution in [0.25, 0.3) is 6.08 Å². The second-order valence-corrected chi connectivity index (χ2v) is 6.89. The second-order valence-electron chi connectivity index (χ2n) is 5.50. The van der Waals surface area contributed by atoms with E-state index in [1.165, 1.54) is 39.4 Å². The number of hydrogen-bond donors (Lipinski definition) is 4. The van der Waals surface area contributed by atoms with E-state index in [-0.39, 0.29) is 16.0 Å². The van der Waals surface area contributed by atoms with Crippen LogP contribution >= 0.6 is 0 Å². The number of nitrogens with zero attached hydrogens (tertiary/aromatic N) is 1. The number of methoxy groups -OCH3 is 2. The second kappa shape index (κ2) is 7.70. The number of ether oxygens (including phenoxy) is 2. The fourth-order valence-corrected chi connectivity index (χ4v) is 2.78. The number of anilines is 1. The molecule has 5 N–H and O–H groups in total. The minimum absolute atomic E-state index is 0.0141. The van der Waals surface area contributed by atoms with E-state index in [0.29, 0.717) is 23.1 Å². The van der Waals surface area contributed by atoms with Crippen molar-refractivity contribution in [2.24, 2.45) is 0 Å². The van der Waals surface area contributed by atoms with Gasteiger partial charge in [-0.2, -0.15) is 8.42 Å². The molecule has 11 nitrogen and oxygen atoms in total. The van der Waals surface area contributed by atoms with Crippen molar-refractivity contribution in [3.8, 4) is 23.3 Å². The summed E-state index contributed by atoms with van der Waals surface area (Å²) in [4.78, 5) is 16.0. The normalized spacial score (nSPS) is 11.9. The van der Waals surface area contributed by atoms with E-state index >= 15 is 0 Å². The van der Waals surface area contributed by atoms with Gasteiger partial charge < -0.3 is 30.3 Å². The van der Waals surface area contributed by atoms with Crippen LogP contribution in [0.2, 0.25) is 0 Å². The van der Waals surface area contributed by atoms with Gasteiger partial charge in [0.1, 0.15) is 0 Å². The summed E-state index contributed by atoms with van der Waals surface area (Å²) in [6.45, 7) is 1.36. The summed E-state index contributed by atoms with van der Waals surface area (Å²) in [5.74, 6) is -2.39. The zero-order valence-electron chi connectivity index (χ0n) is 15.0. The van der Waals surface area contributed by atoms with Gasteiger partial charge in [-0.1, -0.05) is 0 Å². The van der Waals surface area contributed by atoms with Crippen LogP contribution in [-0.4, -0.2) is 48.1 Å². The van der Waals surface area contributed by atoms with Gasteiger partial charge in [-0.15, -0.1) is 4.73 Å². The van der Waals surface area contributed by atoms with Crippen LogP contribution in [0.3, 0.4) is 0 Å². The zero-order chi connectivity index (χ0) is 21.2. The van der Waals surface area contributed by atoms with Gasteiger partial charge in [0, 0.05) is 29.0 Å². The number of aromatic nitrogens is 1. The van der Waals surface area contributed by atoms with E-state index in [0.717, 1.165) is 0 Å². The van der Waals surface area contributed by atoms with Gasteiger partial charge in [0.2, 0.25) is 5.88 Å². The van der Waals surface area contributed by atoms with Gasteiger partial charge >= 0.3 is 5.97 Å². The highest BCUT2D eigenvalue weighted by molar-refractivity contribution is 7.86. The van der Waals surface area contributed by atoms with Gasteiger partial charge in [0.05, 0.1) is 14.2 Å². The van der Waals surface area contributed by atoms with E-state index in [9.17, 15) is 23.4 Å². The predicted octanol–water partition coefficient (Wildman–Crippen LogP) is 0.804. The lowest BCUT2D eigenvalue weighted by Crippen LogP contribution is -2.20. The van der Waals surface area contributed by atoms with Crippen molar-refractivity contribution < 1.29 is 42.3 Å². The van der Waals surface area contributed by atoms with Crippen molar-refractivity contribution in [2.45, 2.75) is 11.8 Å². The molecule has 1 aromatic heterocycles. The molecule has 0 bridgehead atoms. The maximum atomic E-state index is 12.2. The Labute approximate surface area is 159 Å². The molecule has 0 atom stereocenters. The van der Waals surface area contributed by atoms with Gasteiger partial charge in [0.15, 0.2) is 16.4 Å². The van der Waals surface area contributed by atoms with Crippen molar-refractivity contribution in [1.82, 2.24) is 4.73 Å². The van der Waals surface area contributed by atoms with E-state index in [2.05, 4.69) is 0 Å². The molecule has 0 unspecified atom stereocenters. The maximum Gasteiger partial charge on any atom is 0.359 e. The Morgan fingerprint density at radius 1 is 1.14 bits per heavy atom. The molecule has 0 aliphatic heterocycles. The number of benzene rings is 1. The summed E-state index contributed by atoms with van der Waals surface area (Å²) >= 11 is 0. The third kappa shape index (κ3) is 4.13. The van der Waals surface area contributed by atoms with E-state index in [1.54, 1.807) is 0 Å². The predicted molar refractivity (Wildman–Crippen MR) is 96.8 cm³/mol. The van der Waals surface area contributed by atoms with Gasteiger partial charge in [-0.3, -0.25) is 4.55 Å². The third-order valence-electron chi connectivity index (χ3n) is 3.62. The minimum atomic E-state index is -4.84. The highest BCUT2D eigenvalue weighted by Gasteiger charge is 2.26. The molecule has 1 aromatic carbocycles. The number of rotatable bonds is 6. The average molecular weight is 414 g/mol. The maximum absolute atomic E-state index is 12.2. The highest BCUT2D eigenvalue weighted by Crippen LogP contribution is 2.33. The number of carbonyl (C=O) groups is 1. The smallest absolute Gasteiger partial charge is 0.359 e. The molecule has 0 amide bonds. The highest BCUT2D eigenvalue weighted by atomic mass is 32.2. The molecule has 0 aliphatic carbocycles. The van der Waals surface area contributed by atoms with Crippen LogP contribution in [0.15, 0.2) is 28.7 Å². The largest absolute Gasteiger partial charge is 0.493 e. The Balaban J connectivity index is 2.35. The Kier molecular flexibility index (Phi) is 5.75. The first-order valence-electron chi connectivity index (χ1n) is 7.53. The molecule has 0 aliphatic rings.